The molecule has 10 heteroatoms. The second kappa shape index (κ2) is 8.27. The monoisotopic (exact) mass is 422 g/mol. The summed E-state index contributed by atoms with van der Waals surface area (Å²) in [6, 6.07) is 11.6. The molecule has 0 fully saturated rings. The zero-order valence-electron chi connectivity index (χ0n) is 16.7. The summed E-state index contributed by atoms with van der Waals surface area (Å²) >= 11 is 0. The van der Waals surface area contributed by atoms with E-state index in [2.05, 4.69) is 30.9 Å². The number of carbonyl (C=O) groups is 1. The number of rotatable bonds is 6. The molecular formula is C21H19FN6O3. The molecule has 2 aromatic carbocycles. The second-order valence-electron chi connectivity index (χ2n) is 7.07. The van der Waals surface area contributed by atoms with E-state index in [1.807, 2.05) is 13.8 Å². The highest BCUT2D eigenvalue weighted by atomic mass is 19.1. The number of halogens is 1. The lowest BCUT2D eigenvalue weighted by molar-refractivity contribution is 0.0943. The first-order valence-electron chi connectivity index (χ1n) is 9.48. The summed E-state index contributed by atoms with van der Waals surface area (Å²) in [5.41, 5.74) is 2.54. The van der Waals surface area contributed by atoms with Gasteiger partial charge in [-0.1, -0.05) is 0 Å². The minimum Gasteiger partial charge on any atom is -0.408 e. The van der Waals surface area contributed by atoms with Crippen molar-refractivity contribution in [3.8, 4) is 0 Å². The Morgan fingerprint density at radius 2 is 1.84 bits per heavy atom. The van der Waals surface area contributed by atoms with E-state index < -0.39 is 11.6 Å². The number of hydrogen-bond acceptors (Lipinski definition) is 7. The van der Waals surface area contributed by atoms with Gasteiger partial charge in [-0.3, -0.25) is 9.78 Å². The SMILES string of the molecule is CC(C)NC(=O)c1ccc(Nc2ncc(F)c(Nc3ccc4oc(=O)[nH]c4c3)n2)cc1. The smallest absolute Gasteiger partial charge is 0.408 e. The molecule has 0 aliphatic heterocycles. The molecule has 0 unspecified atom stereocenters. The van der Waals surface area contributed by atoms with Crippen LogP contribution in [0.15, 0.2) is 57.9 Å². The van der Waals surface area contributed by atoms with Gasteiger partial charge in [0.25, 0.3) is 5.91 Å². The highest BCUT2D eigenvalue weighted by Crippen LogP contribution is 2.23. The number of oxazole rings is 1. The van der Waals surface area contributed by atoms with Crippen molar-refractivity contribution in [2.75, 3.05) is 10.6 Å². The molecule has 4 rings (SSSR count). The maximum absolute atomic E-state index is 14.2. The van der Waals surface area contributed by atoms with Crippen molar-refractivity contribution in [2.24, 2.45) is 0 Å². The number of aromatic amines is 1. The molecular weight excluding hydrogens is 403 g/mol. The van der Waals surface area contributed by atoms with Gasteiger partial charge in [0.2, 0.25) is 5.95 Å². The van der Waals surface area contributed by atoms with E-state index in [4.69, 9.17) is 4.42 Å². The first-order chi connectivity index (χ1) is 14.9. The van der Waals surface area contributed by atoms with Crippen molar-refractivity contribution >= 4 is 40.1 Å². The topological polar surface area (TPSA) is 125 Å². The number of anilines is 4. The van der Waals surface area contributed by atoms with Crippen LogP contribution in [0.4, 0.5) is 27.5 Å². The summed E-state index contributed by atoms with van der Waals surface area (Å²) in [6.07, 6.45) is 1.04. The molecule has 2 aromatic heterocycles. The van der Waals surface area contributed by atoms with Gasteiger partial charge in [0.15, 0.2) is 17.2 Å². The third-order valence-corrected chi connectivity index (χ3v) is 4.25. The molecule has 0 atom stereocenters. The van der Waals surface area contributed by atoms with E-state index >= 15 is 0 Å². The molecule has 0 saturated carbocycles. The van der Waals surface area contributed by atoms with E-state index in [-0.39, 0.29) is 23.7 Å². The van der Waals surface area contributed by atoms with Gasteiger partial charge >= 0.3 is 5.76 Å². The van der Waals surface area contributed by atoms with E-state index in [0.717, 1.165) is 6.20 Å². The molecule has 2 heterocycles. The average molecular weight is 422 g/mol. The van der Waals surface area contributed by atoms with Crippen molar-refractivity contribution in [1.82, 2.24) is 20.3 Å². The van der Waals surface area contributed by atoms with Crippen LogP contribution in [-0.4, -0.2) is 26.9 Å². The maximum Gasteiger partial charge on any atom is 0.417 e. The van der Waals surface area contributed by atoms with Gasteiger partial charge in [-0.15, -0.1) is 0 Å². The van der Waals surface area contributed by atoms with E-state index in [1.54, 1.807) is 42.5 Å². The zero-order valence-corrected chi connectivity index (χ0v) is 16.7. The highest BCUT2D eigenvalue weighted by molar-refractivity contribution is 5.94. The highest BCUT2D eigenvalue weighted by Gasteiger charge is 2.10. The predicted octanol–water partition coefficient (Wildman–Crippen LogP) is 3.68. The molecule has 9 nitrogen and oxygen atoms in total. The van der Waals surface area contributed by atoms with Crippen LogP contribution in [0.1, 0.15) is 24.2 Å². The molecule has 158 valence electrons. The summed E-state index contributed by atoms with van der Waals surface area (Å²) in [7, 11) is 0. The number of hydrogen-bond donors (Lipinski definition) is 4. The maximum atomic E-state index is 14.2. The Hall–Kier alpha value is -4.21. The van der Waals surface area contributed by atoms with Gasteiger partial charge in [-0.2, -0.15) is 4.98 Å². The average Bonchev–Trinajstić information content (AvgIpc) is 3.10. The van der Waals surface area contributed by atoms with Crippen molar-refractivity contribution < 1.29 is 13.6 Å². The van der Waals surface area contributed by atoms with Crippen molar-refractivity contribution in [1.29, 1.82) is 0 Å². The molecule has 0 spiro atoms. The van der Waals surface area contributed by atoms with Gasteiger partial charge in [-0.25, -0.2) is 14.2 Å². The van der Waals surface area contributed by atoms with Crippen molar-refractivity contribution in [3.63, 3.8) is 0 Å². The summed E-state index contributed by atoms with van der Waals surface area (Å²) in [5.74, 6) is -1.26. The number of H-pyrrole nitrogens is 1. The summed E-state index contributed by atoms with van der Waals surface area (Å²) in [4.78, 5) is 34.0. The number of aromatic nitrogens is 3. The van der Waals surface area contributed by atoms with E-state index in [1.165, 1.54) is 0 Å². The fraction of sp³-hybridized carbons (Fsp3) is 0.143. The molecule has 0 radical (unpaired) electrons. The molecule has 0 aliphatic carbocycles. The second-order valence-corrected chi connectivity index (χ2v) is 7.07. The molecule has 1 amide bonds. The van der Waals surface area contributed by atoms with Gasteiger partial charge < -0.3 is 20.4 Å². The Balaban J connectivity index is 1.50. The number of nitrogens with one attached hydrogen (secondary N) is 4. The molecule has 4 aromatic rings. The summed E-state index contributed by atoms with van der Waals surface area (Å²) in [5, 5.41) is 8.65. The number of nitrogens with zero attached hydrogens (tertiary/aromatic N) is 2. The number of amides is 1. The largest absolute Gasteiger partial charge is 0.417 e. The lowest BCUT2D eigenvalue weighted by Gasteiger charge is -2.11. The van der Waals surface area contributed by atoms with Crippen molar-refractivity contribution in [2.45, 2.75) is 19.9 Å². The minimum absolute atomic E-state index is 0.0401. The minimum atomic E-state index is -0.646. The predicted molar refractivity (Wildman–Crippen MR) is 114 cm³/mol. The number of benzene rings is 2. The fourth-order valence-electron chi connectivity index (χ4n) is 2.86. The Kier molecular flexibility index (Phi) is 5.35. The Bertz CT molecular complexity index is 1300. The quantitative estimate of drug-likeness (QED) is 0.374. The lowest BCUT2D eigenvalue weighted by atomic mass is 10.2. The normalized spacial score (nSPS) is 11.0. The van der Waals surface area contributed by atoms with Gasteiger partial charge in [0.1, 0.15) is 0 Å². The third kappa shape index (κ3) is 4.69. The van der Waals surface area contributed by atoms with Crippen LogP contribution >= 0.6 is 0 Å². The van der Waals surface area contributed by atoms with Crippen LogP contribution in [0.3, 0.4) is 0 Å². The molecule has 0 saturated heterocycles. The standard InChI is InChI=1S/C21H19FN6O3/c1-11(2)24-19(29)12-3-5-13(6-4-12)26-20-23-10-15(22)18(28-20)25-14-7-8-17-16(9-14)27-21(30)31-17/h3-11H,1-2H3,(H,24,29)(H,27,30)(H2,23,25,26,28). The van der Waals surface area contributed by atoms with Crippen LogP contribution in [-0.2, 0) is 0 Å². The summed E-state index contributed by atoms with van der Waals surface area (Å²) < 4.78 is 19.2. The first kappa shape index (κ1) is 20.1. The van der Waals surface area contributed by atoms with Crippen LogP contribution in [0.5, 0.6) is 0 Å². The van der Waals surface area contributed by atoms with Gasteiger partial charge in [0.05, 0.1) is 11.7 Å². The van der Waals surface area contributed by atoms with E-state index in [0.29, 0.717) is 28.0 Å². The van der Waals surface area contributed by atoms with Crippen LogP contribution in [0.2, 0.25) is 0 Å². The van der Waals surface area contributed by atoms with Crippen LogP contribution in [0, 0.1) is 5.82 Å². The van der Waals surface area contributed by atoms with Gasteiger partial charge in [-0.05, 0) is 56.3 Å². The first-order valence-corrected chi connectivity index (χ1v) is 9.48. The Labute approximate surface area is 175 Å². The molecule has 0 aliphatic rings. The van der Waals surface area contributed by atoms with Crippen LogP contribution in [0.25, 0.3) is 11.1 Å². The Morgan fingerprint density at radius 1 is 1.10 bits per heavy atom. The van der Waals surface area contributed by atoms with Crippen LogP contribution < -0.4 is 21.7 Å². The number of carbonyl (C=O) groups excluding carboxylic acids is 1. The van der Waals surface area contributed by atoms with E-state index in [9.17, 15) is 14.0 Å². The molecule has 0 bridgehead atoms. The fourth-order valence-corrected chi connectivity index (χ4v) is 2.86. The number of fused-ring (bicyclic) bond motifs is 1. The lowest BCUT2D eigenvalue weighted by Crippen LogP contribution is -2.29. The van der Waals surface area contributed by atoms with Gasteiger partial charge in [0, 0.05) is 23.0 Å². The molecule has 4 N–H and O–H groups in total. The van der Waals surface area contributed by atoms with Crippen molar-refractivity contribution in [3.05, 3.63) is 70.6 Å². The third-order valence-electron chi connectivity index (χ3n) is 4.25. The Morgan fingerprint density at radius 3 is 2.58 bits per heavy atom. The molecule has 31 heavy (non-hydrogen) atoms. The zero-order chi connectivity index (χ0) is 22.0. The summed E-state index contributed by atoms with van der Waals surface area (Å²) in [6.45, 7) is 3.77.